The van der Waals surface area contributed by atoms with E-state index < -0.39 is 33.0 Å². The monoisotopic (exact) mass is 700 g/mol. The second kappa shape index (κ2) is 11.4. The van der Waals surface area contributed by atoms with Crippen LogP contribution in [0.5, 0.6) is 5.75 Å². The van der Waals surface area contributed by atoms with Gasteiger partial charge in [0.05, 0.1) is 21.5 Å². The average Bonchev–Trinajstić information content (AvgIpc) is 3.46. The van der Waals surface area contributed by atoms with Crippen molar-refractivity contribution in [1.82, 2.24) is 4.98 Å². The average molecular weight is 702 g/mol. The highest BCUT2D eigenvalue weighted by Crippen LogP contribution is 2.53. The predicted octanol–water partition coefficient (Wildman–Crippen LogP) is 3.66. The Hall–Kier alpha value is -3.76. The van der Waals surface area contributed by atoms with Gasteiger partial charge in [0.1, 0.15) is 11.0 Å². The molecule has 220 valence electrons. The molecule has 2 aliphatic rings. The Morgan fingerprint density at radius 1 is 1.02 bits per heavy atom. The van der Waals surface area contributed by atoms with Crippen molar-refractivity contribution in [1.29, 1.82) is 0 Å². The molecule has 15 heteroatoms. The van der Waals surface area contributed by atoms with E-state index in [0.29, 0.717) is 32.6 Å². The summed E-state index contributed by atoms with van der Waals surface area (Å²) in [6.07, 6.45) is 0. The molecule has 4 N–H and O–H groups in total. The minimum Gasteiger partial charge on any atom is -0.484 e. The number of carbonyl (C=O) groups is 3. The molecule has 3 atom stereocenters. The van der Waals surface area contributed by atoms with Crippen LogP contribution in [0.2, 0.25) is 0 Å². The number of thioether (sulfide) groups is 1. The largest absolute Gasteiger partial charge is 0.484 e. The Kier molecular flexibility index (Phi) is 7.76. The molecule has 0 unspecified atom stereocenters. The van der Waals surface area contributed by atoms with Gasteiger partial charge in [-0.25, -0.2) is 18.5 Å². The maximum atomic E-state index is 13.9. The number of rotatable bonds is 7. The van der Waals surface area contributed by atoms with E-state index in [2.05, 4.69) is 26.2 Å². The quantitative estimate of drug-likeness (QED) is 0.246. The van der Waals surface area contributed by atoms with E-state index >= 15 is 0 Å². The number of fused-ring (bicyclic) bond motifs is 2. The highest BCUT2D eigenvalue weighted by Gasteiger charge is 2.56. The first-order valence-electron chi connectivity index (χ1n) is 12.7. The van der Waals surface area contributed by atoms with Gasteiger partial charge >= 0.3 is 4.87 Å². The van der Waals surface area contributed by atoms with Crippen LogP contribution in [0.4, 0.5) is 11.4 Å². The standard InChI is InChI=1S/C28H21BrN4O7S3/c29-15-4-8-17(9-5-15)33-26(35)22-21(23-25(32-28(37)42-23)41-24(22)27(33)36)14-2-1-3-18(12-14)40-13-20(34)31-16-6-10-19(11-7-16)43(30,38)39/h1-12,21-22,24H,13H2,(H,31,34)(H,32,37)(H2,30,38,39)/t21-,22-,24+/m0/s1. The minimum atomic E-state index is -3.86. The zero-order valence-corrected chi connectivity index (χ0v) is 25.9. The van der Waals surface area contributed by atoms with Gasteiger partial charge in [-0.15, -0.1) is 0 Å². The van der Waals surface area contributed by atoms with Crippen LogP contribution < -0.4 is 25.0 Å². The molecule has 0 radical (unpaired) electrons. The van der Waals surface area contributed by atoms with Gasteiger partial charge in [-0.2, -0.15) is 0 Å². The van der Waals surface area contributed by atoms with Crippen LogP contribution in [0.25, 0.3) is 0 Å². The number of nitrogens with zero attached hydrogens (tertiary/aromatic N) is 1. The smallest absolute Gasteiger partial charge is 0.305 e. The Labute approximate surface area is 261 Å². The summed E-state index contributed by atoms with van der Waals surface area (Å²) >= 11 is 5.57. The van der Waals surface area contributed by atoms with Crippen LogP contribution in [-0.2, 0) is 24.4 Å². The van der Waals surface area contributed by atoms with Crippen LogP contribution in [0.1, 0.15) is 16.4 Å². The van der Waals surface area contributed by atoms with Gasteiger partial charge in [0.15, 0.2) is 6.61 Å². The zero-order chi connectivity index (χ0) is 30.5. The highest BCUT2D eigenvalue weighted by atomic mass is 79.9. The number of halogens is 1. The topological polar surface area (TPSA) is 169 Å². The van der Waals surface area contributed by atoms with Gasteiger partial charge in [-0.1, -0.05) is 51.2 Å². The summed E-state index contributed by atoms with van der Waals surface area (Å²) in [5, 5.41) is 7.54. The van der Waals surface area contributed by atoms with Crippen molar-refractivity contribution >= 4 is 78.1 Å². The SMILES string of the molecule is NS(=O)(=O)c1ccc(NC(=O)COc2cccc([C@@H]3c4sc(=O)[nH]c4S[C@H]4C(=O)N(c5ccc(Br)cc5)C(=O)[C@@H]34)c2)cc1. The summed E-state index contributed by atoms with van der Waals surface area (Å²) in [5.74, 6) is -2.23. The van der Waals surface area contributed by atoms with Gasteiger partial charge in [-0.3, -0.25) is 19.2 Å². The molecule has 6 rings (SSSR count). The number of aromatic nitrogens is 1. The lowest BCUT2D eigenvalue weighted by atomic mass is 9.83. The van der Waals surface area contributed by atoms with E-state index in [1.54, 1.807) is 48.5 Å². The number of hydrogen-bond acceptors (Lipinski definition) is 9. The van der Waals surface area contributed by atoms with E-state index in [1.807, 2.05) is 0 Å². The van der Waals surface area contributed by atoms with Crippen LogP contribution in [0.15, 0.2) is 92.0 Å². The molecule has 3 heterocycles. The molecule has 2 aliphatic heterocycles. The number of amides is 3. The molecule has 0 bridgehead atoms. The second-order valence-corrected chi connectivity index (χ2v) is 14.4. The first-order chi connectivity index (χ1) is 20.5. The number of nitrogens with one attached hydrogen (secondary N) is 2. The van der Waals surface area contributed by atoms with E-state index in [1.165, 1.54) is 40.9 Å². The van der Waals surface area contributed by atoms with Crippen LogP contribution in [0.3, 0.4) is 0 Å². The Morgan fingerprint density at radius 2 is 1.74 bits per heavy atom. The van der Waals surface area contributed by atoms with Gasteiger partial charge < -0.3 is 15.0 Å². The lowest BCUT2D eigenvalue weighted by molar-refractivity contribution is -0.122. The van der Waals surface area contributed by atoms with E-state index in [-0.39, 0.29) is 28.2 Å². The molecule has 1 saturated heterocycles. The maximum Gasteiger partial charge on any atom is 0.305 e. The number of sulfonamides is 1. The molecule has 11 nitrogen and oxygen atoms in total. The number of hydrogen-bond donors (Lipinski definition) is 3. The molecular formula is C28H21BrN4O7S3. The second-order valence-electron chi connectivity index (χ2n) is 9.72. The first-order valence-corrected chi connectivity index (χ1v) is 16.7. The van der Waals surface area contributed by atoms with Gasteiger partial charge in [0.2, 0.25) is 21.8 Å². The van der Waals surface area contributed by atoms with E-state index in [0.717, 1.165) is 15.8 Å². The maximum absolute atomic E-state index is 13.9. The van der Waals surface area contributed by atoms with Crippen molar-refractivity contribution in [3.05, 3.63) is 97.4 Å². The molecule has 4 aromatic rings. The number of H-pyrrole nitrogens is 1. The van der Waals surface area contributed by atoms with Crippen molar-refractivity contribution in [2.24, 2.45) is 11.1 Å². The number of ether oxygens (including phenoxy) is 1. The molecule has 0 saturated carbocycles. The normalized spacial score (nSPS) is 19.6. The fraction of sp³-hybridized carbons (Fsp3) is 0.143. The van der Waals surface area contributed by atoms with Crippen molar-refractivity contribution in [3.63, 3.8) is 0 Å². The number of nitrogens with two attached hydrogens (primary N) is 1. The number of carbonyl (C=O) groups excluding carboxylic acids is 3. The Balaban J connectivity index is 1.24. The zero-order valence-electron chi connectivity index (χ0n) is 21.9. The molecule has 0 aliphatic carbocycles. The fourth-order valence-corrected chi connectivity index (χ4v) is 8.39. The molecule has 43 heavy (non-hydrogen) atoms. The number of primary sulfonamides is 1. The Bertz CT molecular complexity index is 1920. The lowest BCUT2D eigenvalue weighted by Gasteiger charge is -2.30. The summed E-state index contributed by atoms with van der Waals surface area (Å²) in [6.45, 7) is -0.357. The number of thiazole rings is 1. The van der Waals surface area contributed by atoms with Crippen LogP contribution >= 0.6 is 39.0 Å². The number of aromatic amines is 1. The lowest BCUT2D eigenvalue weighted by Crippen LogP contribution is -2.32. The number of anilines is 2. The summed E-state index contributed by atoms with van der Waals surface area (Å²) < 4.78 is 29.4. The van der Waals surface area contributed by atoms with Crippen molar-refractivity contribution in [2.45, 2.75) is 21.1 Å². The van der Waals surface area contributed by atoms with E-state index in [4.69, 9.17) is 9.88 Å². The third kappa shape index (κ3) is 5.78. The molecule has 1 aromatic heterocycles. The summed E-state index contributed by atoms with van der Waals surface area (Å²) in [5.41, 5.74) is 1.48. The van der Waals surface area contributed by atoms with Gasteiger partial charge in [0, 0.05) is 21.0 Å². The first kappa shape index (κ1) is 29.3. The van der Waals surface area contributed by atoms with Crippen molar-refractivity contribution in [3.8, 4) is 5.75 Å². The minimum absolute atomic E-state index is 0.0834. The van der Waals surface area contributed by atoms with E-state index in [9.17, 15) is 27.6 Å². The molecular weight excluding hydrogens is 680 g/mol. The Morgan fingerprint density at radius 3 is 2.44 bits per heavy atom. The van der Waals surface area contributed by atoms with Gasteiger partial charge in [-0.05, 0) is 66.2 Å². The summed E-state index contributed by atoms with van der Waals surface area (Å²) in [6, 6.07) is 19.2. The third-order valence-electron chi connectivity index (χ3n) is 6.96. The summed E-state index contributed by atoms with van der Waals surface area (Å²) in [7, 11) is -3.86. The number of imide groups is 1. The van der Waals surface area contributed by atoms with Crippen LogP contribution in [-0.4, -0.2) is 43.0 Å². The van der Waals surface area contributed by atoms with Crippen LogP contribution in [0, 0.1) is 5.92 Å². The van der Waals surface area contributed by atoms with Crippen molar-refractivity contribution in [2.75, 3.05) is 16.8 Å². The molecule has 3 amide bonds. The fourth-order valence-electron chi connectivity index (χ4n) is 5.09. The molecule has 1 fully saturated rings. The summed E-state index contributed by atoms with van der Waals surface area (Å²) in [4.78, 5) is 56.6. The number of benzene rings is 3. The van der Waals surface area contributed by atoms with Crippen molar-refractivity contribution < 1.29 is 27.5 Å². The highest BCUT2D eigenvalue weighted by molar-refractivity contribution is 9.10. The predicted molar refractivity (Wildman–Crippen MR) is 165 cm³/mol. The molecule has 0 spiro atoms. The third-order valence-corrected chi connectivity index (χ3v) is 10.8. The molecule has 3 aromatic carbocycles. The van der Waals surface area contributed by atoms with Gasteiger partial charge in [0.25, 0.3) is 5.91 Å².